The Hall–Kier alpha value is -2.42. The van der Waals surface area contributed by atoms with Crippen molar-refractivity contribution in [1.82, 2.24) is 0 Å². The van der Waals surface area contributed by atoms with Crippen LogP contribution in [0.5, 0.6) is 0 Å². The van der Waals surface area contributed by atoms with Crippen LogP contribution in [-0.4, -0.2) is 16.0 Å². The van der Waals surface area contributed by atoms with Gasteiger partial charge in [0.05, 0.1) is 11.0 Å². The minimum Gasteiger partial charge on any atom is -0.481 e. The molecule has 0 amide bonds. The van der Waals surface area contributed by atoms with Gasteiger partial charge >= 0.3 is 5.97 Å². The number of carbonyl (C=O) groups is 1. The maximum Gasteiger partial charge on any atom is 0.315 e. The fraction of sp³-hybridized carbons (Fsp3) is 0.182. The molecule has 0 heterocycles. The van der Waals surface area contributed by atoms with E-state index < -0.39 is 23.1 Å². The molecule has 0 aliphatic rings. The van der Waals surface area contributed by atoms with Crippen LogP contribution in [0.3, 0.4) is 0 Å². The first-order valence-electron chi connectivity index (χ1n) is 4.57. The van der Waals surface area contributed by atoms with Crippen LogP contribution in [-0.2, 0) is 4.79 Å². The van der Waals surface area contributed by atoms with Gasteiger partial charge in [0, 0.05) is 11.1 Å². The molecule has 0 atom stereocenters. The highest BCUT2D eigenvalue weighted by Gasteiger charge is 2.15. The predicted molar refractivity (Wildman–Crippen MR) is 56.9 cm³/mol. The molecule has 0 aromatic heterocycles. The SMILES string of the molecule is Cc1c(C#CCC(=O)O)cc(F)cc1[N+](=O)[O-]. The van der Waals surface area contributed by atoms with E-state index in [2.05, 4.69) is 11.8 Å². The Bertz CT molecular complexity index is 542. The predicted octanol–water partition coefficient (Wildman–Crippen LogP) is 1.87. The van der Waals surface area contributed by atoms with Gasteiger partial charge in [-0.1, -0.05) is 11.8 Å². The number of aliphatic carboxylic acids is 1. The maximum absolute atomic E-state index is 13.1. The van der Waals surface area contributed by atoms with Crippen LogP contribution in [0.1, 0.15) is 17.5 Å². The molecule has 5 nitrogen and oxygen atoms in total. The van der Waals surface area contributed by atoms with Crippen LogP contribution in [0.4, 0.5) is 10.1 Å². The van der Waals surface area contributed by atoms with E-state index in [0.29, 0.717) is 0 Å². The first-order valence-corrected chi connectivity index (χ1v) is 4.57. The van der Waals surface area contributed by atoms with Gasteiger partial charge in [0.15, 0.2) is 0 Å². The summed E-state index contributed by atoms with van der Waals surface area (Å²) in [6.45, 7) is 1.43. The molecular weight excluding hydrogens is 229 g/mol. The van der Waals surface area contributed by atoms with Gasteiger partial charge in [0.25, 0.3) is 5.69 Å². The second-order valence-corrected chi connectivity index (χ2v) is 3.23. The highest BCUT2D eigenvalue weighted by Crippen LogP contribution is 2.22. The van der Waals surface area contributed by atoms with E-state index >= 15 is 0 Å². The lowest BCUT2D eigenvalue weighted by molar-refractivity contribution is -0.385. The quantitative estimate of drug-likeness (QED) is 0.483. The zero-order chi connectivity index (χ0) is 13.0. The molecule has 0 aliphatic heterocycles. The van der Waals surface area contributed by atoms with E-state index in [1.807, 2.05) is 0 Å². The summed E-state index contributed by atoms with van der Waals surface area (Å²) in [5.41, 5.74) is -0.0307. The summed E-state index contributed by atoms with van der Waals surface area (Å²) in [6.07, 6.45) is -0.399. The van der Waals surface area contributed by atoms with E-state index in [4.69, 9.17) is 5.11 Å². The van der Waals surface area contributed by atoms with Crippen molar-refractivity contribution in [1.29, 1.82) is 0 Å². The van der Waals surface area contributed by atoms with Crippen molar-refractivity contribution in [2.75, 3.05) is 0 Å². The summed E-state index contributed by atoms with van der Waals surface area (Å²) in [5, 5.41) is 19.0. The Morgan fingerprint density at radius 3 is 2.76 bits per heavy atom. The van der Waals surface area contributed by atoms with Crippen molar-refractivity contribution in [2.45, 2.75) is 13.3 Å². The molecular formula is C11H8FNO4. The smallest absolute Gasteiger partial charge is 0.315 e. The largest absolute Gasteiger partial charge is 0.481 e. The van der Waals surface area contributed by atoms with Gasteiger partial charge in [-0.2, -0.15) is 0 Å². The molecule has 1 aromatic carbocycles. The maximum atomic E-state index is 13.1. The average molecular weight is 237 g/mol. The van der Waals surface area contributed by atoms with Crippen LogP contribution in [0, 0.1) is 34.7 Å². The molecule has 0 radical (unpaired) electrons. The lowest BCUT2D eigenvalue weighted by atomic mass is 10.1. The first-order chi connectivity index (χ1) is 7.91. The number of carboxylic acid groups (broad SMARTS) is 1. The van der Waals surface area contributed by atoms with Crippen molar-refractivity contribution in [3.8, 4) is 11.8 Å². The van der Waals surface area contributed by atoms with Crippen molar-refractivity contribution >= 4 is 11.7 Å². The standard InChI is InChI=1S/C11H8FNO4/c1-7-8(3-2-4-11(14)15)5-9(12)6-10(7)13(16)17/h5-6H,4H2,1H3,(H,14,15). The van der Waals surface area contributed by atoms with Crippen LogP contribution in [0.25, 0.3) is 0 Å². The number of hydrogen-bond donors (Lipinski definition) is 1. The number of nitrogens with zero attached hydrogens (tertiary/aromatic N) is 1. The van der Waals surface area contributed by atoms with Crippen LogP contribution >= 0.6 is 0 Å². The summed E-state index contributed by atoms with van der Waals surface area (Å²) in [7, 11) is 0. The van der Waals surface area contributed by atoms with Crippen molar-refractivity contribution in [3.63, 3.8) is 0 Å². The lowest BCUT2D eigenvalue weighted by Crippen LogP contribution is -1.96. The molecule has 1 N–H and O–H groups in total. The molecule has 0 fully saturated rings. The van der Waals surface area contributed by atoms with Crippen molar-refractivity contribution in [2.24, 2.45) is 0 Å². The molecule has 0 bridgehead atoms. The highest BCUT2D eigenvalue weighted by molar-refractivity contribution is 5.70. The van der Waals surface area contributed by atoms with Gasteiger partial charge in [-0.3, -0.25) is 14.9 Å². The van der Waals surface area contributed by atoms with Crippen LogP contribution in [0.15, 0.2) is 12.1 Å². The molecule has 0 saturated carbocycles. The number of hydrogen-bond acceptors (Lipinski definition) is 3. The minimum atomic E-state index is -1.11. The third-order valence-electron chi connectivity index (χ3n) is 2.00. The molecule has 0 spiro atoms. The number of rotatable bonds is 2. The number of carboxylic acids is 1. The Morgan fingerprint density at radius 1 is 1.59 bits per heavy atom. The Morgan fingerprint density at radius 2 is 2.24 bits per heavy atom. The molecule has 1 rings (SSSR count). The number of halogens is 1. The minimum absolute atomic E-state index is 0.123. The van der Waals surface area contributed by atoms with Crippen molar-refractivity contribution < 1.29 is 19.2 Å². The van der Waals surface area contributed by atoms with Gasteiger partial charge in [-0.05, 0) is 13.0 Å². The Labute approximate surface area is 96.0 Å². The topological polar surface area (TPSA) is 80.4 Å². The Kier molecular flexibility index (Phi) is 3.78. The second-order valence-electron chi connectivity index (χ2n) is 3.23. The molecule has 1 aromatic rings. The molecule has 0 unspecified atom stereocenters. The van der Waals surface area contributed by atoms with Crippen LogP contribution < -0.4 is 0 Å². The monoisotopic (exact) mass is 237 g/mol. The fourth-order valence-corrected chi connectivity index (χ4v) is 1.20. The van der Waals surface area contributed by atoms with E-state index in [1.54, 1.807) is 0 Å². The molecule has 6 heteroatoms. The molecule has 88 valence electrons. The van der Waals surface area contributed by atoms with Gasteiger partial charge in [-0.25, -0.2) is 4.39 Å². The summed E-state index contributed by atoms with van der Waals surface area (Å²) in [4.78, 5) is 20.1. The third kappa shape index (κ3) is 3.28. The zero-order valence-electron chi connectivity index (χ0n) is 8.86. The van der Waals surface area contributed by atoms with E-state index in [-0.39, 0.29) is 16.8 Å². The number of benzene rings is 1. The Balaban J connectivity index is 3.19. The van der Waals surface area contributed by atoms with Gasteiger partial charge in [-0.15, -0.1) is 0 Å². The molecule has 0 saturated heterocycles. The fourth-order valence-electron chi connectivity index (χ4n) is 1.20. The van der Waals surface area contributed by atoms with E-state index in [9.17, 15) is 19.3 Å². The molecule has 17 heavy (non-hydrogen) atoms. The van der Waals surface area contributed by atoms with Gasteiger partial charge < -0.3 is 5.11 Å². The highest BCUT2D eigenvalue weighted by atomic mass is 19.1. The second kappa shape index (κ2) is 5.07. The van der Waals surface area contributed by atoms with Gasteiger partial charge in [0.2, 0.25) is 0 Å². The summed E-state index contributed by atoms with van der Waals surface area (Å²) in [6, 6.07) is 1.84. The van der Waals surface area contributed by atoms with Gasteiger partial charge in [0.1, 0.15) is 12.2 Å². The average Bonchev–Trinajstić information content (AvgIpc) is 2.21. The number of nitro benzene ring substituents is 1. The van der Waals surface area contributed by atoms with E-state index in [0.717, 1.165) is 12.1 Å². The zero-order valence-corrected chi connectivity index (χ0v) is 8.86. The third-order valence-corrected chi connectivity index (χ3v) is 2.00. The summed E-state index contributed by atoms with van der Waals surface area (Å²) >= 11 is 0. The summed E-state index contributed by atoms with van der Waals surface area (Å²) < 4.78 is 13.1. The van der Waals surface area contributed by atoms with Crippen molar-refractivity contribution in [3.05, 3.63) is 39.2 Å². The first kappa shape index (κ1) is 12.6. The normalized spacial score (nSPS) is 9.29. The summed E-state index contributed by atoms with van der Waals surface area (Å²) in [5.74, 6) is 2.82. The lowest BCUT2D eigenvalue weighted by Gasteiger charge is -2.00. The molecule has 0 aliphatic carbocycles. The number of nitro groups is 1. The van der Waals surface area contributed by atoms with E-state index in [1.165, 1.54) is 6.92 Å². The van der Waals surface area contributed by atoms with Crippen LogP contribution in [0.2, 0.25) is 0 Å².